The number of fused-ring (bicyclic) bond motifs is 1. The molecule has 1 fully saturated rings. The molecule has 1 aliphatic rings. The van der Waals surface area contributed by atoms with Crippen molar-refractivity contribution < 1.29 is 9.13 Å². The van der Waals surface area contributed by atoms with E-state index in [2.05, 4.69) is 16.9 Å². The topological polar surface area (TPSA) is 35.0 Å². The van der Waals surface area contributed by atoms with Crippen LogP contribution in [-0.2, 0) is 4.74 Å². The molecule has 0 N–H and O–H groups in total. The summed E-state index contributed by atoms with van der Waals surface area (Å²) in [4.78, 5) is 8.28. The van der Waals surface area contributed by atoms with Crippen LogP contribution in [-0.4, -0.2) is 27.9 Å². The number of benzene rings is 1. The van der Waals surface area contributed by atoms with Gasteiger partial charge in [0.15, 0.2) is 0 Å². The highest BCUT2D eigenvalue weighted by Crippen LogP contribution is 2.34. The normalized spacial score (nSPS) is 23.7. The Hall–Kier alpha value is -1.20. The van der Waals surface area contributed by atoms with E-state index in [-0.39, 0.29) is 11.9 Å². The van der Waals surface area contributed by atoms with E-state index in [0.717, 1.165) is 23.4 Å². The summed E-state index contributed by atoms with van der Waals surface area (Å²) >= 11 is 1.65. The van der Waals surface area contributed by atoms with E-state index >= 15 is 0 Å². The second-order valence-corrected chi connectivity index (χ2v) is 5.56. The van der Waals surface area contributed by atoms with Gasteiger partial charge in [-0.25, -0.2) is 14.4 Å². The van der Waals surface area contributed by atoms with E-state index in [1.165, 1.54) is 12.4 Å². The van der Waals surface area contributed by atoms with Crippen molar-refractivity contribution in [3.63, 3.8) is 0 Å². The van der Waals surface area contributed by atoms with E-state index in [1.807, 2.05) is 6.07 Å². The molecule has 1 aromatic heterocycles. The van der Waals surface area contributed by atoms with Crippen LogP contribution in [0.5, 0.6) is 0 Å². The summed E-state index contributed by atoms with van der Waals surface area (Å²) in [5.74, 6) is -0.299. The van der Waals surface area contributed by atoms with Crippen LogP contribution in [0.2, 0.25) is 0 Å². The van der Waals surface area contributed by atoms with Crippen molar-refractivity contribution in [3.05, 3.63) is 30.3 Å². The molecular weight excluding hydrogens is 251 g/mol. The lowest BCUT2D eigenvalue weighted by Crippen LogP contribution is -2.13. The molecule has 0 aliphatic carbocycles. The average Bonchev–Trinajstić information content (AvgIpc) is 2.77. The Kier molecular flexibility index (Phi) is 3.18. The smallest absolute Gasteiger partial charge is 0.149 e. The molecule has 0 unspecified atom stereocenters. The fourth-order valence-corrected chi connectivity index (χ4v) is 3.30. The maximum Gasteiger partial charge on any atom is 0.149 e. The zero-order valence-corrected chi connectivity index (χ0v) is 10.8. The molecule has 3 rings (SSSR count). The van der Waals surface area contributed by atoms with Gasteiger partial charge in [-0.1, -0.05) is 17.8 Å². The number of para-hydroxylation sites is 1. The maximum atomic E-state index is 13.6. The minimum Gasteiger partial charge on any atom is -0.377 e. The molecule has 2 heterocycles. The summed E-state index contributed by atoms with van der Waals surface area (Å²) in [5, 5.41) is 2.00. The second kappa shape index (κ2) is 4.82. The first kappa shape index (κ1) is 11.9. The number of rotatable bonds is 2. The highest BCUT2D eigenvalue weighted by molar-refractivity contribution is 8.00. The van der Waals surface area contributed by atoms with Crippen molar-refractivity contribution in [2.45, 2.75) is 29.7 Å². The van der Waals surface area contributed by atoms with Gasteiger partial charge in [-0.3, -0.25) is 0 Å². The van der Waals surface area contributed by atoms with Gasteiger partial charge >= 0.3 is 0 Å². The van der Waals surface area contributed by atoms with Crippen molar-refractivity contribution in [1.82, 2.24) is 9.97 Å². The molecule has 0 bridgehead atoms. The average molecular weight is 264 g/mol. The summed E-state index contributed by atoms with van der Waals surface area (Å²) in [6.45, 7) is 2.85. The lowest BCUT2D eigenvalue weighted by molar-refractivity contribution is 0.127. The van der Waals surface area contributed by atoms with Gasteiger partial charge in [0.1, 0.15) is 22.7 Å². The number of hydrogen-bond donors (Lipinski definition) is 0. The molecule has 94 valence electrons. The third-order valence-electron chi connectivity index (χ3n) is 3.15. The Morgan fingerprint density at radius 3 is 3.06 bits per heavy atom. The Bertz CT molecular complexity index is 578. The summed E-state index contributed by atoms with van der Waals surface area (Å²) < 4.78 is 19.2. The number of thioether (sulfide) groups is 1. The second-order valence-electron chi connectivity index (χ2n) is 4.34. The standard InChI is InChI=1S/C13H13FN2OS/c1-8-11(5-6-17-8)18-13-9-3-2-4-10(14)12(9)15-7-16-13/h2-4,7-8,11H,5-6H2,1H3/t8-,11-/m0/s1. The van der Waals surface area contributed by atoms with Gasteiger partial charge in [0, 0.05) is 17.2 Å². The van der Waals surface area contributed by atoms with Crippen LogP contribution >= 0.6 is 11.8 Å². The van der Waals surface area contributed by atoms with E-state index in [1.54, 1.807) is 17.8 Å². The number of hydrogen-bond acceptors (Lipinski definition) is 4. The summed E-state index contributed by atoms with van der Waals surface area (Å²) in [6.07, 6.45) is 2.65. The monoisotopic (exact) mass is 264 g/mol. The van der Waals surface area contributed by atoms with Crippen LogP contribution in [0.25, 0.3) is 10.9 Å². The van der Waals surface area contributed by atoms with Crippen LogP contribution in [0.3, 0.4) is 0 Å². The maximum absolute atomic E-state index is 13.6. The van der Waals surface area contributed by atoms with Crippen molar-refractivity contribution in [2.75, 3.05) is 6.61 Å². The summed E-state index contributed by atoms with van der Waals surface area (Å²) in [6, 6.07) is 4.98. The molecule has 2 atom stereocenters. The van der Waals surface area contributed by atoms with E-state index in [4.69, 9.17) is 4.74 Å². The molecule has 0 spiro atoms. The number of nitrogens with zero attached hydrogens (tertiary/aromatic N) is 2. The molecule has 0 amide bonds. The largest absolute Gasteiger partial charge is 0.377 e. The van der Waals surface area contributed by atoms with Gasteiger partial charge in [-0.2, -0.15) is 0 Å². The molecule has 2 aromatic rings. The van der Waals surface area contributed by atoms with Crippen LogP contribution in [0, 0.1) is 5.82 Å². The molecule has 18 heavy (non-hydrogen) atoms. The number of ether oxygens (including phenoxy) is 1. The highest BCUT2D eigenvalue weighted by atomic mass is 32.2. The minimum absolute atomic E-state index is 0.216. The molecule has 0 saturated carbocycles. The zero-order valence-electron chi connectivity index (χ0n) is 9.97. The first-order valence-electron chi connectivity index (χ1n) is 5.93. The summed E-state index contributed by atoms with van der Waals surface area (Å²) in [7, 11) is 0. The predicted molar refractivity (Wildman–Crippen MR) is 69.2 cm³/mol. The van der Waals surface area contributed by atoms with Crippen LogP contribution in [0.4, 0.5) is 4.39 Å². The molecule has 3 nitrogen and oxygen atoms in total. The quantitative estimate of drug-likeness (QED) is 0.781. The highest BCUT2D eigenvalue weighted by Gasteiger charge is 2.26. The Labute approximate surface area is 109 Å². The van der Waals surface area contributed by atoms with Crippen LogP contribution < -0.4 is 0 Å². The number of aromatic nitrogens is 2. The fraction of sp³-hybridized carbons (Fsp3) is 0.385. The number of halogens is 1. The van der Waals surface area contributed by atoms with E-state index in [9.17, 15) is 4.39 Å². The first-order valence-corrected chi connectivity index (χ1v) is 6.81. The van der Waals surface area contributed by atoms with Crippen LogP contribution in [0.15, 0.2) is 29.6 Å². The van der Waals surface area contributed by atoms with Gasteiger partial charge < -0.3 is 4.74 Å². The van der Waals surface area contributed by atoms with Crippen LogP contribution in [0.1, 0.15) is 13.3 Å². The molecule has 1 saturated heterocycles. The lowest BCUT2D eigenvalue weighted by Gasteiger charge is -2.13. The first-order chi connectivity index (χ1) is 8.75. The van der Waals surface area contributed by atoms with Crippen molar-refractivity contribution >= 4 is 22.7 Å². The SMILES string of the molecule is C[C@@H]1OCC[C@@H]1Sc1ncnc2c(F)cccc12. The van der Waals surface area contributed by atoms with Crippen molar-refractivity contribution in [2.24, 2.45) is 0 Å². The molecular formula is C13H13FN2OS. The van der Waals surface area contributed by atoms with Gasteiger partial charge in [0.05, 0.1) is 6.10 Å². The predicted octanol–water partition coefficient (Wildman–Crippen LogP) is 3.04. The van der Waals surface area contributed by atoms with Gasteiger partial charge in [0.25, 0.3) is 0 Å². The Balaban J connectivity index is 1.99. The van der Waals surface area contributed by atoms with Gasteiger partial charge in [0.2, 0.25) is 0 Å². The van der Waals surface area contributed by atoms with Gasteiger partial charge in [-0.15, -0.1) is 0 Å². The molecule has 1 aliphatic heterocycles. The summed E-state index contributed by atoms with van der Waals surface area (Å²) in [5.41, 5.74) is 0.390. The molecule has 5 heteroatoms. The van der Waals surface area contributed by atoms with E-state index in [0.29, 0.717) is 10.8 Å². The Morgan fingerprint density at radius 1 is 1.39 bits per heavy atom. The fourth-order valence-electron chi connectivity index (χ4n) is 2.13. The third-order valence-corrected chi connectivity index (χ3v) is 4.62. The van der Waals surface area contributed by atoms with Crippen molar-refractivity contribution in [1.29, 1.82) is 0 Å². The van der Waals surface area contributed by atoms with Gasteiger partial charge in [-0.05, 0) is 25.5 Å². The minimum atomic E-state index is -0.299. The zero-order chi connectivity index (χ0) is 12.5. The third kappa shape index (κ3) is 2.08. The molecule has 0 radical (unpaired) electrons. The molecule has 1 aromatic carbocycles. The Morgan fingerprint density at radius 2 is 2.28 bits per heavy atom. The van der Waals surface area contributed by atoms with Crippen molar-refractivity contribution in [3.8, 4) is 0 Å². The van der Waals surface area contributed by atoms with E-state index < -0.39 is 0 Å². The lowest BCUT2D eigenvalue weighted by atomic mass is 10.2.